The fourth-order valence-corrected chi connectivity index (χ4v) is 6.94. The summed E-state index contributed by atoms with van der Waals surface area (Å²) in [5, 5.41) is 6.66. The van der Waals surface area contributed by atoms with Crippen LogP contribution in [0.3, 0.4) is 0 Å². The number of nitrogens with zero attached hydrogens (tertiary/aromatic N) is 6. The SMILES string of the molecule is CC(C)(C)C[C@]1(C2(C)C=CC(c3cnn(C(F)F)c3)=CC2)N=C(N)N([C@H](COC(=O)NC2CC2)c2ccc(Cl)c(-c3cncn3C(F)F)c2)C1=O. The standard InChI is InChI=1S/C35H39ClF4N8O3/c1-33(2,3)18-35(34(4)11-9-20(10-12-34)22-14-43-47(16-22)30(39)40)28(49)48(31(41)45-35)27(17-51-32(50)44-23-6-7-23)21-5-8-25(36)24(13-21)26-15-42-19-46(26)29(37)38/h5,8-11,13-16,19,23,27,29-30H,6-7,12,17-18H2,1-4H3,(H2,41,45)(H,44,50)/t27-,34?,35+/m1/s1. The number of aliphatic imine (C=N–C) groups is 1. The molecule has 1 fully saturated rings. The van der Waals surface area contributed by atoms with Crippen molar-refractivity contribution in [3.05, 3.63) is 77.5 Å². The Bertz CT molecular complexity index is 1910. The number of imidazole rings is 1. The van der Waals surface area contributed by atoms with Crippen molar-refractivity contribution in [2.75, 3.05) is 6.61 Å². The number of allylic oxidation sites excluding steroid dienone is 3. The van der Waals surface area contributed by atoms with Crippen molar-refractivity contribution >= 4 is 35.1 Å². The Hall–Kier alpha value is -4.66. The van der Waals surface area contributed by atoms with Crippen LogP contribution in [0.1, 0.15) is 83.6 Å². The number of alkyl halides is 4. The second kappa shape index (κ2) is 13.5. The van der Waals surface area contributed by atoms with Crippen LogP contribution in [-0.4, -0.2) is 60.4 Å². The zero-order valence-electron chi connectivity index (χ0n) is 28.5. The van der Waals surface area contributed by atoms with E-state index in [4.69, 9.17) is 27.1 Å². The number of rotatable bonds is 11. The van der Waals surface area contributed by atoms with Gasteiger partial charge in [-0.3, -0.25) is 14.3 Å². The van der Waals surface area contributed by atoms with E-state index in [9.17, 15) is 22.4 Å². The van der Waals surface area contributed by atoms with Crippen LogP contribution in [-0.2, 0) is 9.53 Å². The van der Waals surface area contributed by atoms with Crippen molar-refractivity contribution in [3.63, 3.8) is 0 Å². The van der Waals surface area contributed by atoms with Gasteiger partial charge in [0.1, 0.15) is 6.61 Å². The van der Waals surface area contributed by atoms with Crippen molar-refractivity contribution in [2.45, 2.75) is 84.1 Å². The van der Waals surface area contributed by atoms with E-state index in [-0.39, 0.29) is 41.3 Å². The molecule has 2 aromatic heterocycles. The van der Waals surface area contributed by atoms with E-state index in [1.54, 1.807) is 18.2 Å². The van der Waals surface area contributed by atoms with E-state index in [1.165, 1.54) is 29.6 Å². The van der Waals surface area contributed by atoms with Crippen LogP contribution in [0.2, 0.25) is 5.02 Å². The van der Waals surface area contributed by atoms with E-state index in [2.05, 4.69) is 15.4 Å². The van der Waals surface area contributed by atoms with E-state index in [0.29, 0.717) is 32.4 Å². The zero-order chi connectivity index (χ0) is 36.9. The first-order valence-electron chi connectivity index (χ1n) is 16.5. The Labute approximate surface area is 297 Å². The Balaban J connectivity index is 1.39. The third-order valence-corrected chi connectivity index (χ3v) is 9.81. The number of halogens is 5. The molecule has 0 radical (unpaired) electrons. The minimum Gasteiger partial charge on any atom is -0.447 e. The summed E-state index contributed by atoms with van der Waals surface area (Å²) in [6, 6.07) is 3.65. The van der Waals surface area contributed by atoms with Crippen LogP contribution in [0.5, 0.6) is 0 Å². The van der Waals surface area contributed by atoms with Gasteiger partial charge in [-0.25, -0.2) is 19.5 Å². The first-order chi connectivity index (χ1) is 24.0. The molecular formula is C35H39ClF4N8O3. The molecule has 6 rings (SSSR count). The van der Waals surface area contributed by atoms with Gasteiger partial charge >= 0.3 is 19.2 Å². The molecule has 3 atom stereocenters. The van der Waals surface area contributed by atoms with Crippen LogP contribution in [0.25, 0.3) is 16.8 Å². The third-order valence-electron chi connectivity index (χ3n) is 9.48. The summed E-state index contributed by atoms with van der Waals surface area (Å²) < 4.78 is 61.1. The van der Waals surface area contributed by atoms with E-state index in [1.807, 2.05) is 39.8 Å². The summed E-state index contributed by atoms with van der Waals surface area (Å²) in [6.45, 7) is 1.81. The van der Waals surface area contributed by atoms with Gasteiger partial charge in [0.15, 0.2) is 11.5 Å². The maximum absolute atomic E-state index is 15.1. The molecular weight excluding hydrogens is 692 g/mol. The molecule has 0 bridgehead atoms. The van der Waals surface area contributed by atoms with Crippen LogP contribution in [0, 0.1) is 10.8 Å². The molecule has 3 aliphatic rings. The molecule has 16 heteroatoms. The molecule has 1 saturated carbocycles. The molecule has 1 aromatic carbocycles. The molecule has 3 N–H and O–H groups in total. The number of hydrogen-bond acceptors (Lipinski definition) is 7. The number of nitrogens with one attached hydrogen (secondary N) is 1. The van der Waals surface area contributed by atoms with Gasteiger partial charge in [-0.15, -0.1) is 0 Å². The number of aromatic nitrogens is 4. The quantitative estimate of drug-likeness (QED) is 0.197. The minimum absolute atomic E-state index is 0.00732. The number of carbonyl (C=O) groups is 2. The lowest BCUT2D eigenvalue weighted by atomic mass is 9.61. The van der Waals surface area contributed by atoms with Gasteiger partial charge in [0.2, 0.25) is 0 Å². The molecule has 51 heavy (non-hydrogen) atoms. The molecule has 1 aliphatic heterocycles. The van der Waals surface area contributed by atoms with Gasteiger partial charge in [0, 0.05) is 33.8 Å². The maximum Gasteiger partial charge on any atom is 0.407 e. The molecule has 11 nitrogen and oxygen atoms in total. The topological polar surface area (TPSA) is 133 Å². The average Bonchev–Trinajstić information content (AvgIpc) is 3.42. The highest BCUT2D eigenvalue weighted by molar-refractivity contribution is 6.33. The molecule has 3 heterocycles. The largest absolute Gasteiger partial charge is 0.447 e. The lowest BCUT2D eigenvalue weighted by molar-refractivity contribution is -0.138. The monoisotopic (exact) mass is 730 g/mol. The van der Waals surface area contributed by atoms with Crippen molar-refractivity contribution in [1.29, 1.82) is 0 Å². The summed E-state index contributed by atoms with van der Waals surface area (Å²) in [4.78, 5) is 38.0. The van der Waals surface area contributed by atoms with Crippen LogP contribution in [0.15, 0.2) is 66.3 Å². The number of nitrogens with two attached hydrogens (primary N) is 1. The number of alkyl carbamates (subject to hydrolysis) is 1. The molecule has 3 aromatic rings. The Morgan fingerprint density at radius 3 is 2.53 bits per heavy atom. The van der Waals surface area contributed by atoms with Gasteiger partial charge in [-0.2, -0.15) is 22.7 Å². The number of hydrogen-bond donors (Lipinski definition) is 2. The molecule has 1 unspecified atom stereocenters. The highest BCUT2D eigenvalue weighted by Crippen LogP contribution is 2.53. The normalized spacial score (nSPS) is 22.8. The van der Waals surface area contributed by atoms with Gasteiger partial charge in [0.25, 0.3) is 5.91 Å². The molecule has 2 aliphatic carbocycles. The van der Waals surface area contributed by atoms with E-state index >= 15 is 4.79 Å². The first-order valence-corrected chi connectivity index (χ1v) is 16.8. The van der Waals surface area contributed by atoms with Crippen LogP contribution < -0.4 is 11.1 Å². The van der Waals surface area contributed by atoms with E-state index < -0.39 is 47.5 Å². The fraction of sp³-hybridized carbons (Fsp3) is 0.457. The van der Waals surface area contributed by atoms with Crippen molar-refractivity contribution < 1.29 is 31.9 Å². The third kappa shape index (κ3) is 7.12. The number of amides is 2. The molecule has 272 valence electrons. The Morgan fingerprint density at radius 2 is 1.92 bits per heavy atom. The van der Waals surface area contributed by atoms with E-state index in [0.717, 1.165) is 19.2 Å². The smallest absolute Gasteiger partial charge is 0.407 e. The summed E-state index contributed by atoms with van der Waals surface area (Å²) in [5.74, 6) is -0.563. The predicted molar refractivity (Wildman–Crippen MR) is 183 cm³/mol. The molecule has 0 saturated heterocycles. The second-order valence-corrected chi connectivity index (χ2v) is 15.0. The van der Waals surface area contributed by atoms with Crippen LogP contribution >= 0.6 is 11.6 Å². The number of ether oxygens (including phenoxy) is 1. The lowest BCUT2D eigenvalue weighted by Crippen LogP contribution is -2.55. The fourth-order valence-electron chi connectivity index (χ4n) is 6.73. The second-order valence-electron chi connectivity index (χ2n) is 14.6. The summed E-state index contributed by atoms with van der Waals surface area (Å²) >= 11 is 6.52. The average molecular weight is 731 g/mol. The van der Waals surface area contributed by atoms with Gasteiger partial charge in [0.05, 0.1) is 30.5 Å². The lowest BCUT2D eigenvalue weighted by Gasteiger charge is -2.45. The van der Waals surface area contributed by atoms with Crippen molar-refractivity contribution in [1.82, 2.24) is 29.5 Å². The number of benzene rings is 1. The molecule has 2 amide bonds. The maximum atomic E-state index is 15.1. The van der Waals surface area contributed by atoms with Gasteiger partial charge in [-0.05, 0) is 54.4 Å². The molecule has 0 spiro atoms. The Morgan fingerprint density at radius 1 is 1.18 bits per heavy atom. The van der Waals surface area contributed by atoms with Gasteiger partial charge in [-0.1, -0.05) is 63.6 Å². The number of carbonyl (C=O) groups excluding carboxylic acids is 2. The van der Waals surface area contributed by atoms with Crippen LogP contribution in [0.4, 0.5) is 22.4 Å². The predicted octanol–water partition coefficient (Wildman–Crippen LogP) is 7.50. The van der Waals surface area contributed by atoms with Gasteiger partial charge < -0.3 is 15.8 Å². The summed E-state index contributed by atoms with van der Waals surface area (Å²) in [7, 11) is 0. The highest BCUT2D eigenvalue weighted by atomic mass is 35.5. The summed E-state index contributed by atoms with van der Waals surface area (Å²) in [5.41, 5.74) is 5.67. The highest BCUT2D eigenvalue weighted by Gasteiger charge is 2.60. The van der Waals surface area contributed by atoms with Crippen molar-refractivity contribution in [2.24, 2.45) is 21.6 Å². The Kier molecular flexibility index (Phi) is 9.55. The van der Waals surface area contributed by atoms with Crippen molar-refractivity contribution in [3.8, 4) is 11.3 Å². The zero-order valence-corrected chi connectivity index (χ0v) is 29.2. The number of guanidine groups is 1. The first kappa shape index (κ1) is 36.1. The minimum atomic E-state index is -2.90. The summed E-state index contributed by atoms with van der Waals surface area (Å²) in [6.07, 6.45) is 11.9.